The molecular formula is C27H29ClN2O3. The molecule has 0 radical (unpaired) electrons. The topological polar surface area (TPSA) is 54.3 Å². The van der Waals surface area contributed by atoms with Crippen molar-refractivity contribution in [3.8, 4) is 0 Å². The lowest BCUT2D eigenvalue weighted by atomic mass is 10.0. The van der Waals surface area contributed by atoms with Gasteiger partial charge in [0.2, 0.25) is 0 Å². The lowest BCUT2D eigenvalue weighted by molar-refractivity contribution is -0.00648. The normalized spacial score (nSPS) is 16.5. The summed E-state index contributed by atoms with van der Waals surface area (Å²) in [6, 6.07) is 27.8. The maximum Gasteiger partial charge on any atom is 0.145 e. The van der Waals surface area contributed by atoms with E-state index < -0.39 is 6.10 Å². The third-order valence-electron chi connectivity index (χ3n) is 5.49. The summed E-state index contributed by atoms with van der Waals surface area (Å²) in [7, 11) is 0. The van der Waals surface area contributed by atoms with Crippen molar-refractivity contribution in [2.24, 2.45) is 5.16 Å². The van der Waals surface area contributed by atoms with Crippen molar-refractivity contribution in [2.75, 3.05) is 19.7 Å². The lowest BCUT2D eigenvalue weighted by Crippen LogP contribution is -2.39. The molecule has 0 saturated carbocycles. The van der Waals surface area contributed by atoms with Crippen LogP contribution >= 0.6 is 11.6 Å². The molecule has 1 aliphatic heterocycles. The standard InChI is InChI=1S/C27H29ClN2O3/c28-24-13-7-10-22(14-24)16-30(17-25(31)20-32-19-21-8-3-1-4-9-21)18-26-15-27(29-33-26)23-11-5-2-6-12-23/h1-14,25-26,31H,15-20H2/t25-,26-/m0/s1. The number of hydrogen-bond donors (Lipinski definition) is 1. The number of nitrogens with zero attached hydrogens (tertiary/aromatic N) is 2. The van der Waals surface area contributed by atoms with Gasteiger partial charge >= 0.3 is 0 Å². The van der Waals surface area contributed by atoms with Crippen LogP contribution in [-0.2, 0) is 22.7 Å². The van der Waals surface area contributed by atoms with Gasteiger partial charge in [-0.1, -0.05) is 89.6 Å². The Bertz CT molecular complexity index is 1030. The number of benzene rings is 3. The van der Waals surface area contributed by atoms with Gasteiger partial charge in [0.15, 0.2) is 0 Å². The molecule has 0 bridgehead atoms. The van der Waals surface area contributed by atoms with E-state index in [0.29, 0.717) is 31.3 Å². The number of ether oxygens (including phenoxy) is 1. The van der Waals surface area contributed by atoms with E-state index in [1.807, 2.05) is 84.9 Å². The van der Waals surface area contributed by atoms with Crippen molar-refractivity contribution >= 4 is 17.3 Å². The predicted molar refractivity (Wildman–Crippen MR) is 131 cm³/mol. The molecule has 1 heterocycles. The van der Waals surface area contributed by atoms with Crippen LogP contribution in [-0.4, -0.2) is 47.6 Å². The average Bonchev–Trinajstić information content (AvgIpc) is 3.29. The number of hydrogen-bond acceptors (Lipinski definition) is 5. The number of halogens is 1. The van der Waals surface area contributed by atoms with E-state index >= 15 is 0 Å². The highest BCUT2D eigenvalue weighted by molar-refractivity contribution is 6.30. The van der Waals surface area contributed by atoms with Crippen LogP contribution in [0.25, 0.3) is 0 Å². The molecule has 0 fully saturated rings. The summed E-state index contributed by atoms with van der Waals surface area (Å²) in [5.41, 5.74) is 4.21. The van der Waals surface area contributed by atoms with Crippen LogP contribution in [0.4, 0.5) is 0 Å². The molecular weight excluding hydrogens is 436 g/mol. The molecule has 1 aliphatic rings. The molecule has 0 saturated heterocycles. The van der Waals surface area contributed by atoms with E-state index in [4.69, 9.17) is 21.2 Å². The second-order valence-corrected chi connectivity index (χ2v) is 8.75. The molecule has 33 heavy (non-hydrogen) atoms. The summed E-state index contributed by atoms with van der Waals surface area (Å²) >= 11 is 6.19. The van der Waals surface area contributed by atoms with Crippen molar-refractivity contribution in [2.45, 2.75) is 31.8 Å². The second kappa shape index (κ2) is 12.0. The van der Waals surface area contributed by atoms with Crippen LogP contribution < -0.4 is 0 Å². The Kier molecular flexibility index (Phi) is 8.50. The number of oxime groups is 1. The Morgan fingerprint density at radius 3 is 2.48 bits per heavy atom. The first-order valence-electron chi connectivity index (χ1n) is 11.2. The summed E-state index contributed by atoms with van der Waals surface area (Å²) in [6.45, 7) is 2.49. The summed E-state index contributed by atoms with van der Waals surface area (Å²) < 4.78 is 5.74. The fraction of sp³-hybridized carbons (Fsp3) is 0.296. The number of rotatable bonds is 11. The Hall–Kier alpha value is -2.70. The van der Waals surface area contributed by atoms with Gasteiger partial charge in [0.1, 0.15) is 6.10 Å². The van der Waals surface area contributed by atoms with Crippen LogP contribution in [0.1, 0.15) is 23.1 Å². The molecule has 0 unspecified atom stereocenters. The van der Waals surface area contributed by atoms with Gasteiger partial charge in [0.05, 0.1) is 25.0 Å². The molecule has 3 aromatic rings. The summed E-state index contributed by atoms with van der Waals surface area (Å²) in [4.78, 5) is 7.92. The Balaban J connectivity index is 1.34. The molecule has 0 aromatic heterocycles. The van der Waals surface area contributed by atoms with Gasteiger partial charge in [-0.3, -0.25) is 4.90 Å². The first-order chi connectivity index (χ1) is 16.2. The van der Waals surface area contributed by atoms with Gasteiger partial charge in [-0.25, -0.2) is 0 Å². The van der Waals surface area contributed by atoms with E-state index in [0.717, 1.165) is 28.8 Å². The molecule has 6 heteroatoms. The van der Waals surface area contributed by atoms with E-state index in [9.17, 15) is 5.11 Å². The Morgan fingerprint density at radius 2 is 1.73 bits per heavy atom. The third kappa shape index (κ3) is 7.41. The van der Waals surface area contributed by atoms with Crippen molar-refractivity contribution in [3.05, 3.63) is 107 Å². The van der Waals surface area contributed by atoms with Crippen molar-refractivity contribution in [1.29, 1.82) is 0 Å². The zero-order valence-electron chi connectivity index (χ0n) is 18.5. The summed E-state index contributed by atoms with van der Waals surface area (Å²) in [5, 5.41) is 15.7. The zero-order chi connectivity index (χ0) is 22.9. The van der Waals surface area contributed by atoms with Gasteiger partial charge in [-0.2, -0.15) is 0 Å². The number of aliphatic hydroxyl groups excluding tert-OH is 1. The molecule has 4 rings (SSSR count). The molecule has 172 valence electrons. The summed E-state index contributed by atoms with van der Waals surface area (Å²) in [5.74, 6) is 0. The van der Waals surface area contributed by atoms with Gasteiger partial charge in [0.25, 0.3) is 0 Å². The highest BCUT2D eigenvalue weighted by atomic mass is 35.5. The smallest absolute Gasteiger partial charge is 0.145 e. The Labute approximate surface area is 200 Å². The first kappa shape index (κ1) is 23.5. The van der Waals surface area contributed by atoms with Gasteiger partial charge in [-0.15, -0.1) is 0 Å². The highest BCUT2D eigenvalue weighted by Gasteiger charge is 2.25. The lowest BCUT2D eigenvalue weighted by Gasteiger charge is -2.27. The van der Waals surface area contributed by atoms with Crippen LogP contribution in [0.3, 0.4) is 0 Å². The molecule has 0 amide bonds. The minimum Gasteiger partial charge on any atom is -0.390 e. The SMILES string of the molecule is O[C@H](COCc1ccccc1)CN(Cc1cccc(Cl)c1)C[C@@H]1CC(c2ccccc2)=NO1. The maximum absolute atomic E-state index is 10.7. The van der Waals surface area contributed by atoms with Crippen LogP contribution in [0, 0.1) is 0 Å². The van der Waals surface area contributed by atoms with Crippen LogP contribution in [0.2, 0.25) is 5.02 Å². The molecule has 1 N–H and O–H groups in total. The average molecular weight is 465 g/mol. The largest absolute Gasteiger partial charge is 0.390 e. The molecule has 5 nitrogen and oxygen atoms in total. The van der Waals surface area contributed by atoms with Crippen molar-refractivity contribution < 1.29 is 14.7 Å². The van der Waals surface area contributed by atoms with Crippen LogP contribution in [0.15, 0.2) is 90.1 Å². The van der Waals surface area contributed by atoms with Gasteiger partial charge < -0.3 is 14.7 Å². The Morgan fingerprint density at radius 1 is 1.00 bits per heavy atom. The van der Waals surface area contributed by atoms with Crippen LogP contribution in [0.5, 0.6) is 0 Å². The molecule has 0 aliphatic carbocycles. The highest BCUT2D eigenvalue weighted by Crippen LogP contribution is 2.19. The monoisotopic (exact) mass is 464 g/mol. The predicted octanol–water partition coefficient (Wildman–Crippen LogP) is 4.91. The maximum atomic E-state index is 10.7. The molecule has 2 atom stereocenters. The van der Waals surface area contributed by atoms with E-state index in [1.54, 1.807) is 0 Å². The fourth-order valence-corrected chi connectivity index (χ4v) is 4.16. The van der Waals surface area contributed by atoms with Gasteiger partial charge in [-0.05, 0) is 28.8 Å². The van der Waals surface area contributed by atoms with E-state index in [1.165, 1.54) is 0 Å². The summed E-state index contributed by atoms with van der Waals surface area (Å²) in [6.07, 6.45) is 0.0389. The van der Waals surface area contributed by atoms with E-state index in [2.05, 4.69) is 10.1 Å². The van der Waals surface area contributed by atoms with Crippen molar-refractivity contribution in [1.82, 2.24) is 4.90 Å². The number of aliphatic hydroxyl groups is 1. The molecule has 3 aromatic carbocycles. The second-order valence-electron chi connectivity index (χ2n) is 8.31. The van der Waals surface area contributed by atoms with E-state index in [-0.39, 0.29) is 12.7 Å². The molecule has 0 spiro atoms. The van der Waals surface area contributed by atoms with Crippen molar-refractivity contribution in [3.63, 3.8) is 0 Å². The fourth-order valence-electron chi connectivity index (χ4n) is 3.95. The first-order valence-corrected chi connectivity index (χ1v) is 11.6. The minimum absolute atomic E-state index is 0.0724. The minimum atomic E-state index is -0.621. The third-order valence-corrected chi connectivity index (χ3v) is 5.72. The zero-order valence-corrected chi connectivity index (χ0v) is 19.3. The van der Waals surface area contributed by atoms with Gasteiger partial charge in [0, 0.05) is 31.1 Å². The quantitative estimate of drug-likeness (QED) is 0.438.